The summed E-state index contributed by atoms with van der Waals surface area (Å²) < 4.78 is 10.6. The molecule has 2 unspecified atom stereocenters. The molecule has 2 aliphatic rings. The van der Waals surface area contributed by atoms with Crippen molar-refractivity contribution in [2.45, 2.75) is 26.1 Å². The highest BCUT2D eigenvalue weighted by Crippen LogP contribution is 2.44. The Labute approximate surface area is 218 Å². The van der Waals surface area contributed by atoms with Crippen LogP contribution in [0, 0.1) is 0 Å². The van der Waals surface area contributed by atoms with Crippen LogP contribution in [-0.4, -0.2) is 54.3 Å². The first-order valence-corrected chi connectivity index (χ1v) is 11.9. The van der Waals surface area contributed by atoms with Crippen molar-refractivity contribution in [1.29, 1.82) is 0 Å². The number of methoxy groups -OCH3 is 1. The van der Waals surface area contributed by atoms with E-state index in [1.165, 1.54) is 7.11 Å². The van der Waals surface area contributed by atoms with E-state index in [1.807, 2.05) is 0 Å². The number of ether oxygens (including phenoxy) is 2. The van der Waals surface area contributed by atoms with Crippen LogP contribution < -0.4 is 5.32 Å². The van der Waals surface area contributed by atoms with Gasteiger partial charge < -0.3 is 19.9 Å². The van der Waals surface area contributed by atoms with E-state index in [-0.39, 0.29) is 34.3 Å². The largest absolute Gasteiger partial charge is 0.466 e. The van der Waals surface area contributed by atoms with Crippen LogP contribution in [0.2, 0.25) is 10.0 Å². The number of aliphatic hydroxyl groups excluding tert-OH is 1. The zero-order chi connectivity index (χ0) is 26.1. The van der Waals surface area contributed by atoms with Crippen molar-refractivity contribution >= 4 is 41.0 Å². The number of imide groups is 1. The van der Waals surface area contributed by atoms with Gasteiger partial charge in [0.25, 0.3) is 11.8 Å². The molecule has 10 heteroatoms. The molecular weight excluding hydrogens is 507 g/mol. The molecule has 2 aromatic carbocycles. The van der Waals surface area contributed by atoms with Crippen LogP contribution in [0.1, 0.15) is 46.0 Å². The third-order valence-corrected chi connectivity index (χ3v) is 7.01. The Bertz CT molecular complexity index is 1280. The van der Waals surface area contributed by atoms with Gasteiger partial charge in [-0.3, -0.25) is 14.5 Å². The summed E-state index contributed by atoms with van der Waals surface area (Å²) in [5.41, 5.74) is 2.13. The summed E-state index contributed by atoms with van der Waals surface area (Å²) in [5, 5.41) is 14.6. The minimum Gasteiger partial charge on any atom is -0.466 e. The van der Waals surface area contributed by atoms with Gasteiger partial charge in [-0.15, -0.1) is 0 Å². The summed E-state index contributed by atoms with van der Waals surface area (Å²) in [7, 11) is 1.25. The van der Waals surface area contributed by atoms with E-state index < -0.39 is 30.0 Å². The number of esters is 1. The number of aliphatic hydroxyl groups is 1. The Hall–Kier alpha value is -3.17. The average molecular weight is 531 g/mol. The molecular formula is C26H24Cl2N2O6. The highest BCUT2D eigenvalue weighted by molar-refractivity contribution is 6.42. The predicted molar refractivity (Wildman–Crippen MR) is 134 cm³/mol. The fourth-order valence-electron chi connectivity index (χ4n) is 4.57. The molecule has 2 N–H and O–H groups in total. The summed E-state index contributed by atoms with van der Waals surface area (Å²) in [6, 6.07) is 11.5. The third kappa shape index (κ3) is 4.41. The van der Waals surface area contributed by atoms with E-state index in [0.29, 0.717) is 28.1 Å². The summed E-state index contributed by atoms with van der Waals surface area (Å²) >= 11 is 12.9. The lowest BCUT2D eigenvalue weighted by atomic mass is 9.79. The fourth-order valence-corrected chi connectivity index (χ4v) is 4.99. The zero-order valence-electron chi connectivity index (χ0n) is 19.8. The van der Waals surface area contributed by atoms with Crippen molar-refractivity contribution in [3.63, 3.8) is 0 Å². The number of carbonyl (C=O) groups excluding carboxylic acids is 3. The molecule has 0 fully saturated rings. The molecule has 0 saturated carbocycles. The molecule has 2 aliphatic heterocycles. The predicted octanol–water partition coefficient (Wildman–Crippen LogP) is 4.03. The van der Waals surface area contributed by atoms with Crippen LogP contribution in [0.15, 0.2) is 65.0 Å². The first kappa shape index (κ1) is 25.9. The van der Waals surface area contributed by atoms with Crippen LogP contribution in [0.3, 0.4) is 0 Å². The van der Waals surface area contributed by atoms with Gasteiger partial charge in [0.15, 0.2) is 6.29 Å². The number of dihydropyridines is 1. The lowest BCUT2D eigenvalue weighted by Crippen LogP contribution is -2.41. The van der Waals surface area contributed by atoms with Gasteiger partial charge in [-0.05, 0) is 37.6 Å². The second-order valence-electron chi connectivity index (χ2n) is 8.21. The molecule has 4 rings (SSSR count). The van der Waals surface area contributed by atoms with E-state index in [0.717, 1.165) is 4.90 Å². The van der Waals surface area contributed by atoms with E-state index >= 15 is 0 Å². The van der Waals surface area contributed by atoms with Crippen molar-refractivity contribution in [3.05, 3.63) is 91.7 Å². The highest BCUT2D eigenvalue weighted by Gasteiger charge is 2.42. The first-order valence-electron chi connectivity index (χ1n) is 11.2. The number of nitrogens with zero attached hydrogens (tertiary/aromatic N) is 1. The summed E-state index contributed by atoms with van der Waals surface area (Å²) in [5.74, 6) is -2.51. The minimum atomic E-state index is -1.50. The maximum atomic E-state index is 13.1. The molecule has 0 radical (unpaired) electrons. The van der Waals surface area contributed by atoms with Gasteiger partial charge in [0.1, 0.15) is 0 Å². The van der Waals surface area contributed by atoms with Crippen molar-refractivity contribution in [2.75, 3.05) is 20.3 Å². The van der Waals surface area contributed by atoms with Gasteiger partial charge in [-0.2, -0.15) is 0 Å². The number of hydrogen-bond donors (Lipinski definition) is 2. The van der Waals surface area contributed by atoms with E-state index in [9.17, 15) is 19.5 Å². The molecule has 0 aliphatic carbocycles. The molecule has 2 aromatic rings. The molecule has 8 nitrogen and oxygen atoms in total. The van der Waals surface area contributed by atoms with Crippen molar-refractivity contribution < 1.29 is 29.0 Å². The molecule has 2 atom stereocenters. The summed E-state index contributed by atoms with van der Waals surface area (Å²) in [6.45, 7) is 3.31. The molecule has 36 heavy (non-hydrogen) atoms. The molecule has 0 spiro atoms. The lowest BCUT2D eigenvalue weighted by Gasteiger charge is -2.35. The Morgan fingerprint density at radius 2 is 1.75 bits per heavy atom. The number of hydrogen-bond acceptors (Lipinski definition) is 7. The molecule has 0 aromatic heterocycles. The van der Waals surface area contributed by atoms with Crippen molar-refractivity contribution in [3.8, 4) is 0 Å². The third-order valence-electron chi connectivity index (χ3n) is 6.17. The molecule has 0 bridgehead atoms. The number of carbonyl (C=O) groups is 3. The quantitative estimate of drug-likeness (QED) is 0.316. The van der Waals surface area contributed by atoms with Crippen LogP contribution in [0.4, 0.5) is 0 Å². The number of allylic oxidation sites excluding steroid dienone is 1. The number of benzene rings is 2. The Kier molecular flexibility index (Phi) is 7.51. The number of amides is 2. The normalized spacial score (nSPS) is 18.4. The number of halogens is 2. The number of fused-ring (bicyclic) bond motifs is 1. The second kappa shape index (κ2) is 10.4. The molecule has 2 heterocycles. The summed E-state index contributed by atoms with van der Waals surface area (Å²) in [4.78, 5) is 40.1. The van der Waals surface area contributed by atoms with Gasteiger partial charge in [0.2, 0.25) is 0 Å². The van der Waals surface area contributed by atoms with Gasteiger partial charge in [-0.1, -0.05) is 47.5 Å². The Balaban J connectivity index is 1.90. The highest BCUT2D eigenvalue weighted by atomic mass is 35.5. The van der Waals surface area contributed by atoms with Crippen molar-refractivity contribution in [2.24, 2.45) is 0 Å². The first-order chi connectivity index (χ1) is 17.2. The van der Waals surface area contributed by atoms with Crippen LogP contribution >= 0.6 is 23.2 Å². The number of nitrogens with one attached hydrogen (secondary N) is 1. The van der Waals surface area contributed by atoms with Crippen molar-refractivity contribution in [1.82, 2.24) is 10.2 Å². The average Bonchev–Trinajstić information content (AvgIpc) is 3.10. The van der Waals surface area contributed by atoms with Gasteiger partial charge in [-0.25, -0.2) is 4.79 Å². The van der Waals surface area contributed by atoms with Gasteiger partial charge in [0, 0.05) is 29.5 Å². The fraction of sp³-hybridized carbons (Fsp3) is 0.269. The lowest BCUT2D eigenvalue weighted by molar-refractivity contribution is -0.136. The van der Waals surface area contributed by atoms with Crippen LogP contribution in [-0.2, 0) is 14.3 Å². The maximum absolute atomic E-state index is 13.1. The monoisotopic (exact) mass is 530 g/mol. The van der Waals surface area contributed by atoms with E-state index in [1.54, 1.807) is 56.3 Å². The van der Waals surface area contributed by atoms with Crippen LogP contribution in [0.25, 0.3) is 0 Å². The maximum Gasteiger partial charge on any atom is 0.336 e. The van der Waals surface area contributed by atoms with Gasteiger partial charge in [0.05, 0.1) is 40.4 Å². The molecule has 2 amide bonds. The summed E-state index contributed by atoms with van der Waals surface area (Å²) in [6.07, 6.45) is -1.50. The van der Waals surface area contributed by atoms with Gasteiger partial charge >= 0.3 is 5.97 Å². The van der Waals surface area contributed by atoms with E-state index in [4.69, 9.17) is 32.7 Å². The van der Waals surface area contributed by atoms with Crippen LogP contribution in [0.5, 0.6) is 0 Å². The second-order valence-corrected chi connectivity index (χ2v) is 9.00. The standard InChI is InChI=1S/C26H24Cl2N2O6/c1-4-36-26(34)21-18(12-30-23(31)14-8-5-6-9-15(14)24(30)32)29-13(2)19(25(33)35-3)20(21)16-10-7-11-17(27)22(16)28/h5-11,20,26,29,34H,4,12H2,1-3H3. The van der Waals surface area contributed by atoms with E-state index in [2.05, 4.69) is 5.32 Å². The SMILES string of the molecule is CCOC(O)C1=C(CN2C(=O)c3ccccc3C2=O)NC(C)=C(C(=O)OC)C1c1cccc(Cl)c1Cl. The Morgan fingerprint density at radius 3 is 2.33 bits per heavy atom. The number of rotatable bonds is 7. The molecule has 0 saturated heterocycles. The zero-order valence-corrected chi connectivity index (χ0v) is 21.3. The molecule has 188 valence electrons. The smallest absolute Gasteiger partial charge is 0.336 e. The Morgan fingerprint density at radius 1 is 1.11 bits per heavy atom. The topological polar surface area (TPSA) is 105 Å². The minimum absolute atomic E-state index is 0.150.